The summed E-state index contributed by atoms with van der Waals surface area (Å²) in [6, 6.07) is 4.63. The number of rotatable bonds is 7. The normalized spacial score (nSPS) is 21.3. The maximum Gasteiger partial charge on any atom is 0.433 e. The molecule has 2 amide bonds. The summed E-state index contributed by atoms with van der Waals surface area (Å²) in [4.78, 5) is 54.1. The van der Waals surface area contributed by atoms with Crippen LogP contribution < -0.4 is 5.32 Å². The van der Waals surface area contributed by atoms with Crippen molar-refractivity contribution in [2.24, 2.45) is 11.8 Å². The summed E-state index contributed by atoms with van der Waals surface area (Å²) in [5, 5.41) is 17.4. The minimum Gasteiger partial charge on any atom is -0.385 e. The molecule has 1 saturated carbocycles. The van der Waals surface area contributed by atoms with E-state index < -0.39 is 29.9 Å². The molecule has 1 saturated heterocycles. The van der Waals surface area contributed by atoms with Gasteiger partial charge in [0.1, 0.15) is 35.9 Å². The molecule has 246 valence electrons. The molecule has 11 nitrogen and oxygen atoms in total. The molecule has 1 aromatic carbocycles. The Kier molecular flexibility index (Phi) is 8.10. The number of benzene rings is 1. The van der Waals surface area contributed by atoms with Crippen LogP contribution in [0.2, 0.25) is 0 Å². The predicted molar refractivity (Wildman–Crippen MR) is 165 cm³/mol. The van der Waals surface area contributed by atoms with Crippen molar-refractivity contribution in [3.8, 4) is 11.1 Å². The maximum absolute atomic E-state index is 14.1. The Morgan fingerprint density at radius 3 is 2.40 bits per heavy atom. The maximum atomic E-state index is 14.1. The number of piperidine rings is 1. The van der Waals surface area contributed by atoms with E-state index in [-0.39, 0.29) is 53.4 Å². The molecule has 14 heteroatoms. The SMILES string of the molecule is CC(=O)c1nn(CC(=O)N2C3CCC([C@@H]3C)[C@H]2C(=O)Nc2nc(C(F)(F)F)ccc2C)c2c(C)cc(-c3cnc(C(C)O)nc3)cc12. The molecule has 1 aliphatic heterocycles. The number of nitrogens with one attached hydrogen (secondary N) is 1. The molecule has 3 aromatic heterocycles. The van der Waals surface area contributed by atoms with Crippen LogP contribution in [0.1, 0.15) is 72.9 Å². The zero-order valence-corrected chi connectivity index (χ0v) is 26.5. The van der Waals surface area contributed by atoms with Gasteiger partial charge < -0.3 is 15.3 Å². The molecule has 2 fully saturated rings. The number of likely N-dealkylation sites (tertiary alicyclic amines) is 1. The Hall–Kier alpha value is -4.72. The molecule has 2 bridgehead atoms. The van der Waals surface area contributed by atoms with E-state index >= 15 is 0 Å². The van der Waals surface area contributed by atoms with Crippen LogP contribution in [0.3, 0.4) is 0 Å². The molecule has 47 heavy (non-hydrogen) atoms. The average molecular weight is 650 g/mol. The second kappa shape index (κ2) is 11.8. The highest BCUT2D eigenvalue weighted by atomic mass is 19.4. The second-order valence-electron chi connectivity index (χ2n) is 12.5. The summed E-state index contributed by atoms with van der Waals surface area (Å²) in [5.74, 6) is -1.37. The molecule has 2 N–H and O–H groups in total. The van der Waals surface area contributed by atoms with Gasteiger partial charge in [0.25, 0.3) is 0 Å². The van der Waals surface area contributed by atoms with E-state index in [1.807, 2.05) is 19.9 Å². The van der Waals surface area contributed by atoms with E-state index in [2.05, 4.69) is 25.4 Å². The van der Waals surface area contributed by atoms with Gasteiger partial charge in [-0.05, 0) is 80.3 Å². The molecule has 1 aliphatic carbocycles. The zero-order chi connectivity index (χ0) is 33.9. The minimum atomic E-state index is -4.68. The molecule has 4 aromatic rings. The first kappa shape index (κ1) is 32.2. The van der Waals surface area contributed by atoms with Crippen LogP contribution in [0.4, 0.5) is 19.0 Å². The smallest absolute Gasteiger partial charge is 0.385 e. The Bertz CT molecular complexity index is 1900. The van der Waals surface area contributed by atoms with Crippen molar-refractivity contribution in [1.29, 1.82) is 0 Å². The lowest BCUT2D eigenvalue weighted by Gasteiger charge is -2.34. The van der Waals surface area contributed by atoms with Gasteiger partial charge >= 0.3 is 6.18 Å². The van der Waals surface area contributed by atoms with Crippen LogP contribution in [-0.4, -0.2) is 64.4 Å². The molecule has 6 rings (SSSR count). The van der Waals surface area contributed by atoms with Gasteiger partial charge in [0, 0.05) is 36.3 Å². The summed E-state index contributed by atoms with van der Waals surface area (Å²) in [5.41, 5.74) is 2.12. The molecule has 5 atom stereocenters. The third-order valence-corrected chi connectivity index (χ3v) is 9.36. The standard InChI is InChI=1S/C33H34F3N7O4/c1-15-6-9-25(33(34,35)36)39-30(15)40-32(47)29-22-7-8-24(17(22)3)43(29)26(46)14-42-28-16(2)10-20(11-23(28)27(41-42)18(4)44)21-12-37-31(19(5)45)38-13-21/h6,9-13,17,19,22,24,29,45H,7-8,14H2,1-5H3,(H,39,40,47)/t17-,19?,22?,24?,29-/m0/s1. The second-order valence-corrected chi connectivity index (χ2v) is 12.5. The molecular weight excluding hydrogens is 615 g/mol. The topological polar surface area (TPSA) is 143 Å². The number of carbonyl (C=O) groups excluding carboxylic acids is 3. The number of aliphatic hydroxyl groups is 1. The number of amides is 2. The molecule has 2 aliphatic rings. The van der Waals surface area contributed by atoms with E-state index in [0.29, 0.717) is 34.9 Å². The van der Waals surface area contributed by atoms with Gasteiger partial charge in [-0.2, -0.15) is 18.3 Å². The number of alkyl halides is 3. The lowest BCUT2D eigenvalue weighted by molar-refractivity contribution is -0.141. The van der Waals surface area contributed by atoms with Crippen molar-refractivity contribution in [3.63, 3.8) is 0 Å². The van der Waals surface area contributed by atoms with Gasteiger partial charge in [0.15, 0.2) is 11.6 Å². The summed E-state index contributed by atoms with van der Waals surface area (Å²) in [6.07, 6.45) is -0.943. The van der Waals surface area contributed by atoms with Crippen molar-refractivity contribution < 1.29 is 32.7 Å². The number of hydrogen-bond donors (Lipinski definition) is 2. The third kappa shape index (κ3) is 5.75. The van der Waals surface area contributed by atoms with Crippen LogP contribution in [0.15, 0.2) is 36.7 Å². The van der Waals surface area contributed by atoms with Gasteiger partial charge in [-0.25, -0.2) is 15.0 Å². The van der Waals surface area contributed by atoms with E-state index in [9.17, 15) is 32.7 Å². The summed E-state index contributed by atoms with van der Waals surface area (Å²) in [7, 11) is 0. The first-order valence-electron chi connectivity index (χ1n) is 15.3. The van der Waals surface area contributed by atoms with E-state index in [4.69, 9.17) is 0 Å². The van der Waals surface area contributed by atoms with Gasteiger partial charge in [0.2, 0.25) is 11.8 Å². The third-order valence-electron chi connectivity index (χ3n) is 9.36. The largest absolute Gasteiger partial charge is 0.433 e. The number of pyridine rings is 1. The highest BCUT2D eigenvalue weighted by Crippen LogP contribution is 2.47. The van der Waals surface area contributed by atoms with Crippen LogP contribution in [0.5, 0.6) is 0 Å². The number of Topliss-reactive ketones (excluding diaryl/α,β-unsaturated/α-hetero) is 1. The minimum absolute atomic E-state index is 0.000802. The monoisotopic (exact) mass is 649 g/mol. The number of anilines is 1. The number of aryl methyl sites for hydroxylation is 2. The molecule has 0 spiro atoms. The van der Waals surface area contributed by atoms with Crippen molar-refractivity contribution in [2.45, 2.75) is 78.4 Å². The summed E-state index contributed by atoms with van der Waals surface area (Å²) >= 11 is 0. The fourth-order valence-corrected chi connectivity index (χ4v) is 7.07. The number of hydrogen-bond acceptors (Lipinski definition) is 8. The molecule has 0 radical (unpaired) electrons. The van der Waals surface area contributed by atoms with E-state index in [1.54, 1.807) is 37.2 Å². The van der Waals surface area contributed by atoms with Gasteiger partial charge in [-0.15, -0.1) is 0 Å². The van der Waals surface area contributed by atoms with Crippen LogP contribution in [0.25, 0.3) is 22.0 Å². The van der Waals surface area contributed by atoms with Gasteiger partial charge in [-0.3, -0.25) is 19.1 Å². The molecular formula is C33H34F3N7O4. The Labute approximate surface area is 268 Å². The van der Waals surface area contributed by atoms with Gasteiger partial charge in [0.05, 0.1) is 5.52 Å². The Morgan fingerprint density at radius 1 is 1.06 bits per heavy atom. The van der Waals surface area contributed by atoms with Crippen molar-refractivity contribution >= 4 is 34.3 Å². The first-order chi connectivity index (χ1) is 22.1. The highest BCUT2D eigenvalue weighted by Gasteiger charge is 2.55. The lowest BCUT2D eigenvalue weighted by atomic mass is 9.93. The highest BCUT2D eigenvalue weighted by molar-refractivity contribution is 6.07. The van der Waals surface area contributed by atoms with Crippen LogP contribution in [-0.2, 0) is 22.3 Å². The predicted octanol–water partition coefficient (Wildman–Crippen LogP) is 5.04. The van der Waals surface area contributed by atoms with Crippen molar-refractivity contribution in [3.05, 3.63) is 65.0 Å². The van der Waals surface area contributed by atoms with Crippen molar-refractivity contribution in [1.82, 2.24) is 29.6 Å². The number of carbonyl (C=O) groups is 3. The fraction of sp³-hybridized carbons (Fsp3) is 0.424. The number of fused-ring (bicyclic) bond motifs is 3. The number of halogens is 3. The van der Waals surface area contributed by atoms with E-state index in [0.717, 1.165) is 17.2 Å². The lowest BCUT2D eigenvalue weighted by Crippen LogP contribution is -2.52. The van der Waals surface area contributed by atoms with E-state index in [1.165, 1.54) is 17.7 Å². The van der Waals surface area contributed by atoms with Crippen LogP contribution >= 0.6 is 0 Å². The number of aromatic nitrogens is 5. The molecule has 4 heterocycles. The summed E-state index contributed by atoms with van der Waals surface area (Å²) < 4.78 is 41.5. The zero-order valence-electron chi connectivity index (χ0n) is 26.5. The quantitative estimate of drug-likeness (QED) is 0.265. The van der Waals surface area contributed by atoms with Crippen molar-refractivity contribution in [2.75, 3.05) is 5.32 Å². The number of aliphatic hydroxyl groups excluding tert-OH is 1. The number of nitrogens with zero attached hydrogens (tertiary/aromatic N) is 6. The van der Waals surface area contributed by atoms with Crippen LogP contribution in [0, 0.1) is 25.7 Å². The number of ketones is 1. The summed E-state index contributed by atoms with van der Waals surface area (Å²) in [6.45, 7) is 8.07. The Morgan fingerprint density at radius 2 is 1.77 bits per heavy atom. The average Bonchev–Trinajstić information content (AvgIpc) is 3.65. The first-order valence-corrected chi connectivity index (χ1v) is 15.3. The fourth-order valence-electron chi connectivity index (χ4n) is 7.07. The molecule has 3 unspecified atom stereocenters. The van der Waals surface area contributed by atoms with Gasteiger partial charge in [-0.1, -0.05) is 13.0 Å². The Balaban J connectivity index is 1.32.